The quantitative estimate of drug-likeness (QED) is 0.666. The van der Waals surface area contributed by atoms with Gasteiger partial charge in [0.25, 0.3) is 5.76 Å². The predicted molar refractivity (Wildman–Crippen MR) is 73.4 cm³/mol. The van der Waals surface area contributed by atoms with Gasteiger partial charge in [-0.1, -0.05) is 23.9 Å². The minimum Gasteiger partial charge on any atom is -0.339 e. The number of anilines is 2. The van der Waals surface area contributed by atoms with Crippen molar-refractivity contribution in [2.45, 2.75) is 17.6 Å². The van der Waals surface area contributed by atoms with E-state index in [9.17, 15) is 8.78 Å². The zero-order chi connectivity index (χ0) is 13.8. The summed E-state index contributed by atoms with van der Waals surface area (Å²) in [5.74, 6) is -2.00. The molecular formula is C12H10ClF2N3S. The molecule has 3 nitrogen and oxygen atoms in total. The van der Waals surface area contributed by atoms with Gasteiger partial charge in [-0.15, -0.1) is 0 Å². The van der Waals surface area contributed by atoms with Crippen LogP contribution in [0, 0.1) is 6.92 Å². The molecule has 0 radical (unpaired) electrons. The zero-order valence-electron chi connectivity index (χ0n) is 9.90. The number of hydrogen-bond donors (Lipinski definition) is 1. The second-order valence-corrected chi connectivity index (χ2v) is 5.03. The lowest BCUT2D eigenvalue weighted by Gasteiger charge is -2.11. The highest BCUT2D eigenvalue weighted by atomic mass is 35.5. The van der Waals surface area contributed by atoms with Gasteiger partial charge in [-0.3, -0.25) is 0 Å². The molecule has 7 heteroatoms. The molecule has 0 amide bonds. The van der Waals surface area contributed by atoms with Gasteiger partial charge in [0.15, 0.2) is 0 Å². The average Bonchev–Trinajstić information content (AvgIpc) is 2.29. The van der Waals surface area contributed by atoms with Crippen LogP contribution in [-0.4, -0.2) is 15.7 Å². The van der Waals surface area contributed by atoms with Crippen molar-refractivity contribution in [3.63, 3.8) is 0 Å². The Morgan fingerprint density at radius 2 is 2.00 bits per heavy atom. The molecule has 0 spiro atoms. The fraction of sp³-hybridized carbons (Fsp3) is 0.167. The number of nitrogens with one attached hydrogen (secondary N) is 1. The highest BCUT2D eigenvalue weighted by Crippen LogP contribution is 2.33. The Morgan fingerprint density at radius 3 is 2.68 bits per heavy atom. The van der Waals surface area contributed by atoms with Crippen molar-refractivity contribution in [3.8, 4) is 0 Å². The third-order valence-electron chi connectivity index (χ3n) is 2.19. The van der Waals surface area contributed by atoms with E-state index in [-0.39, 0.29) is 5.28 Å². The number of alkyl halides is 2. The number of aromatic nitrogens is 2. The smallest absolute Gasteiger partial charge is 0.288 e. The lowest BCUT2D eigenvalue weighted by atomic mass is 10.3. The van der Waals surface area contributed by atoms with Crippen LogP contribution in [0.2, 0.25) is 5.28 Å². The molecular weight excluding hydrogens is 292 g/mol. The molecule has 2 rings (SSSR count). The maximum atomic E-state index is 12.5. The Morgan fingerprint density at radius 1 is 1.26 bits per heavy atom. The van der Waals surface area contributed by atoms with Crippen molar-refractivity contribution >= 4 is 34.9 Å². The van der Waals surface area contributed by atoms with E-state index < -0.39 is 5.76 Å². The summed E-state index contributed by atoms with van der Waals surface area (Å²) in [6, 6.07) is 8.47. The number of para-hydroxylation sites is 1. The molecule has 0 fully saturated rings. The Balaban J connectivity index is 2.27. The van der Waals surface area contributed by atoms with Crippen molar-refractivity contribution in [1.82, 2.24) is 9.97 Å². The average molecular weight is 302 g/mol. The lowest BCUT2D eigenvalue weighted by molar-refractivity contribution is 0.252. The van der Waals surface area contributed by atoms with Crippen LogP contribution in [0.4, 0.5) is 20.3 Å². The Hall–Kier alpha value is -1.40. The maximum absolute atomic E-state index is 12.5. The summed E-state index contributed by atoms with van der Waals surface area (Å²) in [6.45, 7) is 1.78. The van der Waals surface area contributed by atoms with E-state index >= 15 is 0 Å². The van der Waals surface area contributed by atoms with Gasteiger partial charge in [-0.05, 0) is 30.7 Å². The number of rotatable bonds is 4. The van der Waals surface area contributed by atoms with Gasteiger partial charge in [0.1, 0.15) is 5.82 Å². The molecule has 1 heterocycles. The summed E-state index contributed by atoms with van der Waals surface area (Å²) in [5.41, 5.74) is 1.25. The minimum atomic E-state index is -2.47. The van der Waals surface area contributed by atoms with Gasteiger partial charge in [-0.25, -0.2) is 9.97 Å². The number of nitrogens with zero attached hydrogens (tertiary/aromatic N) is 2. The number of halogens is 3. The molecule has 1 aromatic heterocycles. The summed E-state index contributed by atoms with van der Waals surface area (Å²) >= 11 is 6.23. The molecule has 0 aliphatic carbocycles. The van der Waals surface area contributed by atoms with E-state index in [2.05, 4.69) is 15.3 Å². The van der Waals surface area contributed by atoms with Crippen molar-refractivity contribution in [1.29, 1.82) is 0 Å². The minimum absolute atomic E-state index is 0.112. The number of benzene rings is 1. The molecule has 100 valence electrons. The first-order chi connectivity index (χ1) is 9.04. The molecule has 0 saturated carbocycles. The van der Waals surface area contributed by atoms with Crippen LogP contribution in [0.1, 0.15) is 5.69 Å². The Kier molecular flexibility index (Phi) is 4.55. The summed E-state index contributed by atoms with van der Waals surface area (Å²) in [4.78, 5) is 8.38. The Labute approximate surface area is 118 Å². The number of thioether (sulfide) groups is 1. The fourth-order valence-corrected chi connectivity index (χ4v) is 2.32. The first-order valence-corrected chi connectivity index (χ1v) is 6.62. The van der Waals surface area contributed by atoms with Gasteiger partial charge < -0.3 is 5.32 Å². The lowest BCUT2D eigenvalue weighted by Crippen LogP contribution is -1.98. The standard InChI is InChI=1S/C12H10ClF2N3S/c1-7-6-10(18-11(13)16-7)17-8-4-2-3-5-9(8)19-12(14)15/h2-6,12H,1H3,(H,16,17,18). The monoisotopic (exact) mass is 301 g/mol. The van der Waals surface area contributed by atoms with E-state index in [1.54, 1.807) is 37.3 Å². The van der Waals surface area contributed by atoms with Gasteiger partial charge in [0, 0.05) is 16.7 Å². The van der Waals surface area contributed by atoms with Crippen LogP contribution in [0.3, 0.4) is 0 Å². The topological polar surface area (TPSA) is 37.8 Å². The molecule has 1 aromatic carbocycles. The molecule has 0 aliphatic rings. The first kappa shape index (κ1) is 14.0. The van der Waals surface area contributed by atoms with E-state index in [1.165, 1.54) is 0 Å². The van der Waals surface area contributed by atoms with Crippen molar-refractivity contribution in [3.05, 3.63) is 41.3 Å². The third-order valence-corrected chi connectivity index (χ3v) is 3.15. The molecule has 0 atom stereocenters. The summed E-state index contributed by atoms with van der Waals surface area (Å²) in [7, 11) is 0. The van der Waals surface area contributed by atoms with Crippen LogP contribution in [0.15, 0.2) is 35.2 Å². The summed E-state index contributed by atoms with van der Waals surface area (Å²) < 4.78 is 24.9. The summed E-state index contributed by atoms with van der Waals surface area (Å²) in [5, 5.41) is 3.08. The molecule has 19 heavy (non-hydrogen) atoms. The van der Waals surface area contributed by atoms with E-state index in [1.807, 2.05) is 0 Å². The molecule has 0 bridgehead atoms. The highest BCUT2D eigenvalue weighted by Gasteiger charge is 2.10. The Bertz CT molecular complexity index is 560. The number of aryl methyl sites for hydroxylation is 1. The van der Waals surface area contributed by atoms with Crippen molar-refractivity contribution in [2.24, 2.45) is 0 Å². The fourth-order valence-electron chi connectivity index (χ4n) is 1.50. The number of hydrogen-bond acceptors (Lipinski definition) is 4. The second kappa shape index (κ2) is 6.16. The molecule has 2 aromatic rings. The molecule has 1 N–H and O–H groups in total. The van der Waals surface area contributed by atoms with Gasteiger partial charge in [0.2, 0.25) is 5.28 Å². The van der Waals surface area contributed by atoms with Gasteiger partial charge in [-0.2, -0.15) is 8.78 Å². The third kappa shape index (κ3) is 4.04. The van der Waals surface area contributed by atoms with Crippen LogP contribution >= 0.6 is 23.4 Å². The van der Waals surface area contributed by atoms with Gasteiger partial charge in [0.05, 0.1) is 5.69 Å². The second-order valence-electron chi connectivity index (χ2n) is 3.66. The SMILES string of the molecule is Cc1cc(Nc2ccccc2SC(F)F)nc(Cl)n1. The van der Waals surface area contributed by atoms with Crippen LogP contribution in [0.5, 0.6) is 0 Å². The predicted octanol–water partition coefficient (Wildman–Crippen LogP) is 4.50. The van der Waals surface area contributed by atoms with Crippen LogP contribution in [0.25, 0.3) is 0 Å². The first-order valence-electron chi connectivity index (χ1n) is 5.36. The molecule has 0 saturated heterocycles. The van der Waals surface area contributed by atoms with Gasteiger partial charge >= 0.3 is 0 Å². The van der Waals surface area contributed by atoms with E-state index in [4.69, 9.17) is 11.6 Å². The van der Waals surface area contributed by atoms with Crippen LogP contribution in [-0.2, 0) is 0 Å². The largest absolute Gasteiger partial charge is 0.339 e. The highest BCUT2D eigenvalue weighted by molar-refractivity contribution is 7.99. The van der Waals surface area contributed by atoms with Crippen LogP contribution < -0.4 is 5.32 Å². The maximum Gasteiger partial charge on any atom is 0.288 e. The molecule has 0 aliphatic heterocycles. The van der Waals surface area contributed by atoms with Crippen molar-refractivity contribution in [2.75, 3.05) is 5.32 Å². The van der Waals surface area contributed by atoms with E-state index in [0.717, 1.165) is 0 Å². The zero-order valence-corrected chi connectivity index (χ0v) is 11.5. The molecule has 0 unspecified atom stereocenters. The summed E-state index contributed by atoms with van der Waals surface area (Å²) in [6.07, 6.45) is 0. The normalized spacial score (nSPS) is 10.8. The van der Waals surface area contributed by atoms with E-state index in [0.29, 0.717) is 33.9 Å². The van der Waals surface area contributed by atoms with Crippen molar-refractivity contribution < 1.29 is 8.78 Å².